The lowest BCUT2D eigenvalue weighted by Crippen LogP contribution is -2.19. The fourth-order valence-electron chi connectivity index (χ4n) is 5.26. The number of nitrogens with zero attached hydrogens (tertiary/aromatic N) is 3. The van der Waals surface area contributed by atoms with Crippen molar-refractivity contribution in [3.05, 3.63) is 113 Å². The third-order valence-corrected chi connectivity index (χ3v) is 7.83. The van der Waals surface area contributed by atoms with Crippen LogP contribution in [0.15, 0.2) is 83.4 Å². The quantitative estimate of drug-likeness (QED) is 0.237. The van der Waals surface area contributed by atoms with E-state index in [9.17, 15) is 15.0 Å². The van der Waals surface area contributed by atoms with E-state index in [-0.39, 0.29) is 5.92 Å². The van der Waals surface area contributed by atoms with Gasteiger partial charge in [-0.3, -0.25) is 4.79 Å². The lowest BCUT2D eigenvalue weighted by molar-refractivity contribution is -0.140. The normalized spacial score (nSPS) is 15.6. The predicted octanol–water partition coefficient (Wildman–Crippen LogP) is 5.78. The van der Waals surface area contributed by atoms with Crippen LogP contribution in [-0.4, -0.2) is 36.7 Å². The first-order valence-electron chi connectivity index (χ1n) is 12.9. The molecule has 0 bridgehead atoms. The summed E-state index contributed by atoms with van der Waals surface area (Å²) in [6, 6.07) is 25.5. The number of aromatic amines is 1. The minimum atomic E-state index is -1.08. The molecule has 39 heavy (non-hydrogen) atoms. The smallest absolute Gasteiger partial charge is 0.314 e. The number of aromatic nitrogens is 4. The summed E-state index contributed by atoms with van der Waals surface area (Å²) in [7, 11) is 0. The zero-order valence-electron chi connectivity index (χ0n) is 21.6. The second kappa shape index (κ2) is 9.63. The highest BCUT2D eigenvalue weighted by molar-refractivity contribution is 5.85. The van der Waals surface area contributed by atoms with E-state index in [4.69, 9.17) is 4.52 Å². The molecule has 0 spiro atoms. The van der Waals surface area contributed by atoms with Crippen LogP contribution in [0.5, 0.6) is 0 Å². The fraction of sp³-hybridized carbons (Fsp3) is 0.226. The maximum absolute atomic E-state index is 11.6. The first-order valence-corrected chi connectivity index (χ1v) is 12.9. The highest BCUT2D eigenvalue weighted by Gasteiger charge is 2.51. The first kappa shape index (κ1) is 24.8. The van der Waals surface area contributed by atoms with Crippen molar-refractivity contribution in [1.82, 2.24) is 20.6 Å². The Balaban J connectivity index is 1.27. The molecule has 6 rings (SSSR count). The third-order valence-electron chi connectivity index (χ3n) is 7.83. The summed E-state index contributed by atoms with van der Waals surface area (Å²) in [5.74, 6) is -0.360. The summed E-state index contributed by atoms with van der Waals surface area (Å²) in [5, 5.41) is 36.5. The minimum Gasteiger partial charge on any atom is -0.481 e. The van der Waals surface area contributed by atoms with Gasteiger partial charge in [0.2, 0.25) is 0 Å². The molecular weight excluding hydrogens is 492 g/mol. The molecule has 2 unspecified atom stereocenters. The van der Waals surface area contributed by atoms with E-state index in [1.165, 1.54) is 0 Å². The topological polar surface area (TPSA) is 125 Å². The summed E-state index contributed by atoms with van der Waals surface area (Å²) in [6.45, 7) is 3.83. The molecule has 0 saturated heterocycles. The Morgan fingerprint density at radius 1 is 0.897 bits per heavy atom. The number of aryl methyl sites for hydroxylation is 1. The van der Waals surface area contributed by atoms with Crippen LogP contribution < -0.4 is 0 Å². The number of rotatable bonds is 8. The molecule has 8 heteroatoms. The van der Waals surface area contributed by atoms with Crippen LogP contribution >= 0.6 is 0 Å². The van der Waals surface area contributed by atoms with Crippen LogP contribution in [0, 0.1) is 6.92 Å². The number of H-pyrrole nitrogens is 1. The molecule has 2 aromatic heterocycles. The van der Waals surface area contributed by atoms with Crippen molar-refractivity contribution in [2.45, 2.75) is 44.1 Å². The van der Waals surface area contributed by atoms with Gasteiger partial charge in [-0.15, -0.1) is 0 Å². The summed E-state index contributed by atoms with van der Waals surface area (Å²) in [5.41, 5.74) is 6.17. The van der Waals surface area contributed by atoms with Crippen LogP contribution in [0.3, 0.4) is 0 Å². The fourth-order valence-corrected chi connectivity index (χ4v) is 5.26. The molecule has 0 radical (unpaired) electrons. The van der Waals surface area contributed by atoms with Gasteiger partial charge in [-0.25, -0.2) is 0 Å². The molecule has 1 aliphatic rings. The Morgan fingerprint density at radius 2 is 1.49 bits per heavy atom. The Hall–Kier alpha value is -4.56. The van der Waals surface area contributed by atoms with Crippen molar-refractivity contribution in [2.24, 2.45) is 0 Å². The maximum atomic E-state index is 11.6. The van der Waals surface area contributed by atoms with Crippen molar-refractivity contribution in [3.63, 3.8) is 0 Å². The van der Waals surface area contributed by atoms with Crippen LogP contribution in [-0.2, 0) is 10.2 Å². The van der Waals surface area contributed by atoms with Gasteiger partial charge >= 0.3 is 5.97 Å². The van der Waals surface area contributed by atoms with E-state index in [0.29, 0.717) is 41.2 Å². The van der Waals surface area contributed by atoms with Crippen LogP contribution in [0.1, 0.15) is 65.6 Å². The van der Waals surface area contributed by atoms with Gasteiger partial charge in [-0.05, 0) is 42.0 Å². The number of aliphatic hydroxyl groups excluding tert-OH is 1. The second-order valence-corrected chi connectivity index (χ2v) is 10.2. The molecule has 8 nitrogen and oxygen atoms in total. The van der Waals surface area contributed by atoms with Gasteiger partial charge in [-0.1, -0.05) is 90.9 Å². The molecule has 196 valence electrons. The number of carboxylic acid groups (broad SMARTS) is 1. The lowest BCUT2D eigenvalue weighted by atomic mass is 9.92. The number of hydrogen-bond donors (Lipinski definition) is 3. The molecule has 0 aliphatic heterocycles. The zero-order chi connectivity index (χ0) is 27.1. The highest BCUT2D eigenvalue weighted by atomic mass is 16.5. The molecule has 1 fully saturated rings. The van der Waals surface area contributed by atoms with E-state index >= 15 is 0 Å². The number of carbonyl (C=O) groups is 1. The average Bonchev–Trinajstić information content (AvgIpc) is 3.49. The summed E-state index contributed by atoms with van der Waals surface area (Å²) in [4.78, 5) is 11.6. The van der Waals surface area contributed by atoms with E-state index in [1.807, 2.05) is 85.8 Å². The van der Waals surface area contributed by atoms with Gasteiger partial charge in [0.1, 0.15) is 11.8 Å². The monoisotopic (exact) mass is 520 g/mol. The van der Waals surface area contributed by atoms with Crippen molar-refractivity contribution in [3.8, 4) is 22.5 Å². The Kier molecular flexibility index (Phi) is 6.12. The van der Waals surface area contributed by atoms with E-state index in [0.717, 1.165) is 27.8 Å². The Morgan fingerprint density at radius 3 is 2.10 bits per heavy atom. The molecular formula is C31H28N4O4. The molecule has 2 atom stereocenters. The SMILES string of the molecule is Cc1noc(-c2ccc(-c3ccc(C4(C(=O)O)CC4)cc3)cc2)c1C(O)c1n[nH]nc1C(C)c1ccccc1. The van der Waals surface area contributed by atoms with Gasteiger partial charge in [0.15, 0.2) is 5.76 Å². The van der Waals surface area contributed by atoms with E-state index < -0.39 is 17.5 Å². The summed E-state index contributed by atoms with van der Waals surface area (Å²) < 4.78 is 5.69. The van der Waals surface area contributed by atoms with Crippen LogP contribution in [0.2, 0.25) is 0 Å². The zero-order valence-corrected chi connectivity index (χ0v) is 21.6. The van der Waals surface area contributed by atoms with Crippen molar-refractivity contribution < 1.29 is 19.5 Å². The molecule has 5 aromatic rings. The van der Waals surface area contributed by atoms with Crippen molar-refractivity contribution >= 4 is 5.97 Å². The van der Waals surface area contributed by atoms with Gasteiger partial charge in [0.05, 0.1) is 22.4 Å². The number of aliphatic carboxylic acids is 1. The third kappa shape index (κ3) is 4.32. The molecule has 3 N–H and O–H groups in total. The van der Waals surface area contributed by atoms with Gasteiger partial charge in [0.25, 0.3) is 0 Å². The largest absolute Gasteiger partial charge is 0.481 e. The number of benzene rings is 3. The van der Waals surface area contributed by atoms with Crippen molar-refractivity contribution in [2.75, 3.05) is 0 Å². The van der Waals surface area contributed by atoms with E-state index in [1.54, 1.807) is 6.92 Å². The van der Waals surface area contributed by atoms with Crippen LogP contribution in [0.4, 0.5) is 0 Å². The number of nitrogens with one attached hydrogen (secondary N) is 1. The predicted molar refractivity (Wildman–Crippen MR) is 145 cm³/mol. The summed E-state index contributed by atoms with van der Waals surface area (Å²) >= 11 is 0. The molecule has 1 aliphatic carbocycles. The maximum Gasteiger partial charge on any atom is 0.314 e. The highest BCUT2D eigenvalue weighted by Crippen LogP contribution is 2.48. The van der Waals surface area contributed by atoms with Gasteiger partial charge < -0.3 is 14.7 Å². The first-order chi connectivity index (χ1) is 18.9. The van der Waals surface area contributed by atoms with Crippen molar-refractivity contribution in [1.29, 1.82) is 0 Å². The van der Waals surface area contributed by atoms with Gasteiger partial charge in [-0.2, -0.15) is 15.4 Å². The van der Waals surface area contributed by atoms with Gasteiger partial charge in [0, 0.05) is 11.5 Å². The average molecular weight is 521 g/mol. The Bertz CT molecular complexity index is 1620. The number of aliphatic hydroxyl groups is 1. The summed E-state index contributed by atoms with van der Waals surface area (Å²) in [6.07, 6.45) is 0.284. The molecule has 0 amide bonds. The molecule has 3 aromatic carbocycles. The standard InChI is InChI=1S/C31H28N4O4/c1-18(20-6-4-3-5-7-20)26-27(33-35-32-26)28(36)25-19(2)34-39-29(25)23-10-8-21(9-11-23)22-12-14-24(15-13-22)31(16-17-31)30(37)38/h3-15,18,28,36H,16-17H2,1-2H3,(H,37,38)(H,32,33,35). The second-order valence-electron chi connectivity index (χ2n) is 10.2. The molecule has 2 heterocycles. The number of carboxylic acids is 1. The van der Waals surface area contributed by atoms with E-state index in [2.05, 4.69) is 20.6 Å². The number of hydrogen-bond acceptors (Lipinski definition) is 6. The Labute approximate surface area is 225 Å². The molecule has 1 saturated carbocycles. The lowest BCUT2D eigenvalue weighted by Gasteiger charge is -2.14. The minimum absolute atomic E-state index is 0.0748. The van der Waals surface area contributed by atoms with Crippen LogP contribution in [0.25, 0.3) is 22.5 Å².